The number of rotatable bonds is 5. The summed E-state index contributed by atoms with van der Waals surface area (Å²) in [6.45, 7) is 15.1. The number of hydrogen-bond acceptors (Lipinski definition) is 2. The van der Waals surface area contributed by atoms with Crippen molar-refractivity contribution in [2.24, 2.45) is 11.7 Å². The molecule has 1 aromatic rings. The third-order valence-electron chi connectivity index (χ3n) is 4.85. The van der Waals surface area contributed by atoms with Gasteiger partial charge in [-0.1, -0.05) is 13.8 Å². The Kier molecular flexibility index (Phi) is 5.79. The molecule has 2 atom stereocenters. The quantitative estimate of drug-likeness (QED) is 0.853. The van der Waals surface area contributed by atoms with Crippen molar-refractivity contribution in [2.75, 3.05) is 0 Å². The molecule has 0 saturated heterocycles. The zero-order chi connectivity index (χ0) is 15.6. The molecule has 0 saturated carbocycles. The molecule has 0 spiro atoms. The van der Waals surface area contributed by atoms with E-state index in [0.717, 1.165) is 18.4 Å². The molecule has 0 amide bonds. The summed E-state index contributed by atoms with van der Waals surface area (Å²) in [6.07, 6.45) is 1.32. The van der Waals surface area contributed by atoms with Crippen LogP contribution in [0.25, 0.3) is 0 Å². The average Bonchev–Trinajstić information content (AvgIpc) is 2.40. The number of hydrogen-bond donors (Lipinski definition) is 2. The van der Waals surface area contributed by atoms with Crippen molar-refractivity contribution in [1.82, 2.24) is 0 Å². The maximum Gasteiger partial charge on any atom is 0.0733 e. The lowest BCUT2D eigenvalue weighted by molar-refractivity contribution is 0.128. The summed E-state index contributed by atoms with van der Waals surface area (Å²) < 4.78 is 0. The predicted molar refractivity (Wildman–Crippen MR) is 87.1 cm³/mol. The Morgan fingerprint density at radius 1 is 0.800 bits per heavy atom. The van der Waals surface area contributed by atoms with E-state index in [-0.39, 0.29) is 6.04 Å². The van der Waals surface area contributed by atoms with Crippen molar-refractivity contribution in [3.63, 3.8) is 0 Å². The van der Waals surface area contributed by atoms with E-state index in [1.54, 1.807) is 0 Å². The van der Waals surface area contributed by atoms with Crippen LogP contribution >= 0.6 is 0 Å². The second-order valence-corrected chi connectivity index (χ2v) is 6.60. The van der Waals surface area contributed by atoms with Gasteiger partial charge in [-0.3, -0.25) is 0 Å². The lowest BCUT2D eigenvalue weighted by atomic mass is 9.84. The molecule has 0 fully saturated rings. The molecule has 20 heavy (non-hydrogen) atoms. The fourth-order valence-electron chi connectivity index (χ4n) is 2.91. The van der Waals surface area contributed by atoms with Crippen LogP contribution in [-0.2, 0) is 0 Å². The molecule has 0 heterocycles. The number of aliphatic hydroxyl groups is 1. The second-order valence-electron chi connectivity index (χ2n) is 6.60. The van der Waals surface area contributed by atoms with E-state index in [2.05, 4.69) is 48.5 Å². The number of aliphatic hydroxyl groups excluding tert-OH is 1. The minimum atomic E-state index is -0.462. The Hall–Kier alpha value is -0.860. The van der Waals surface area contributed by atoms with E-state index >= 15 is 0 Å². The lowest BCUT2D eigenvalue weighted by Crippen LogP contribution is -2.28. The van der Waals surface area contributed by atoms with Gasteiger partial charge in [0.05, 0.1) is 12.1 Å². The average molecular weight is 277 g/mol. The topological polar surface area (TPSA) is 46.2 Å². The molecule has 3 N–H and O–H groups in total. The highest BCUT2D eigenvalue weighted by molar-refractivity contribution is 5.50. The van der Waals surface area contributed by atoms with Crippen molar-refractivity contribution in [1.29, 1.82) is 0 Å². The first-order valence-electron chi connectivity index (χ1n) is 7.68. The zero-order valence-electron chi connectivity index (χ0n) is 14.2. The first-order chi connectivity index (χ1) is 9.18. The molecule has 0 aliphatic carbocycles. The Morgan fingerprint density at radius 3 is 1.60 bits per heavy atom. The smallest absolute Gasteiger partial charge is 0.0733 e. The van der Waals surface area contributed by atoms with Gasteiger partial charge in [-0.2, -0.15) is 0 Å². The maximum atomic E-state index is 10.4. The first kappa shape index (κ1) is 17.2. The van der Waals surface area contributed by atoms with Crippen molar-refractivity contribution in [3.05, 3.63) is 33.4 Å². The summed E-state index contributed by atoms with van der Waals surface area (Å²) in [5.41, 5.74) is 13.9. The summed E-state index contributed by atoms with van der Waals surface area (Å²) in [7, 11) is 0. The number of nitrogens with two attached hydrogens (primary N) is 1. The predicted octanol–water partition coefficient (Wildman–Crippen LogP) is 4.03. The lowest BCUT2D eigenvalue weighted by Gasteiger charge is -2.26. The molecule has 114 valence electrons. The van der Waals surface area contributed by atoms with Crippen LogP contribution in [0.15, 0.2) is 0 Å². The van der Waals surface area contributed by atoms with Crippen LogP contribution in [0, 0.1) is 40.5 Å². The van der Waals surface area contributed by atoms with Crippen LogP contribution in [0.2, 0.25) is 0 Å². The molecule has 2 nitrogen and oxygen atoms in total. The third kappa shape index (κ3) is 3.42. The van der Waals surface area contributed by atoms with Gasteiger partial charge in [0.2, 0.25) is 0 Å². The minimum absolute atomic E-state index is 0.285. The fourth-order valence-corrected chi connectivity index (χ4v) is 2.91. The molecule has 0 radical (unpaired) electrons. The molecule has 0 aromatic heterocycles. The van der Waals surface area contributed by atoms with Gasteiger partial charge in [-0.05, 0) is 86.8 Å². The molecule has 1 rings (SSSR count). The standard InChI is InChI=1S/C18H31NO/c1-10(2)8-9-16(20)18(19)17-14(6)12(4)11(3)13(5)15(17)7/h10,16,18,20H,8-9,19H2,1-7H3/t16-,18-/m1/s1. The molecule has 1 aromatic carbocycles. The van der Waals surface area contributed by atoms with Gasteiger partial charge >= 0.3 is 0 Å². The van der Waals surface area contributed by atoms with Gasteiger partial charge in [0.25, 0.3) is 0 Å². The van der Waals surface area contributed by atoms with Crippen molar-refractivity contribution in [2.45, 2.75) is 73.5 Å². The Bertz CT molecular complexity index is 448. The molecule has 0 aliphatic rings. The van der Waals surface area contributed by atoms with Gasteiger partial charge in [0, 0.05) is 0 Å². The van der Waals surface area contributed by atoms with Gasteiger partial charge in [0.1, 0.15) is 0 Å². The van der Waals surface area contributed by atoms with E-state index in [4.69, 9.17) is 5.73 Å². The molecule has 0 aliphatic heterocycles. The van der Waals surface area contributed by atoms with Gasteiger partial charge in [0.15, 0.2) is 0 Å². The van der Waals surface area contributed by atoms with Crippen LogP contribution < -0.4 is 5.73 Å². The molecule has 0 unspecified atom stereocenters. The molecule has 2 heteroatoms. The van der Waals surface area contributed by atoms with Crippen molar-refractivity contribution in [3.8, 4) is 0 Å². The zero-order valence-corrected chi connectivity index (χ0v) is 14.2. The summed E-state index contributed by atoms with van der Waals surface area (Å²) in [5, 5.41) is 10.4. The van der Waals surface area contributed by atoms with Gasteiger partial charge in [-0.25, -0.2) is 0 Å². The van der Waals surface area contributed by atoms with E-state index in [1.165, 1.54) is 27.8 Å². The van der Waals surface area contributed by atoms with Crippen LogP contribution in [0.4, 0.5) is 0 Å². The van der Waals surface area contributed by atoms with Crippen molar-refractivity contribution < 1.29 is 5.11 Å². The minimum Gasteiger partial charge on any atom is -0.391 e. The molecular weight excluding hydrogens is 246 g/mol. The third-order valence-corrected chi connectivity index (χ3v) is 4.85. The van der Waals surface area contributed by atoms with E-state index in [0.29, 0.717) is 5.92 Å². The SMILES string of the molecule is Cc1c(C)c(C)c([C@H](N)[C@H](O)CCC(C)C)c(C)c1C. The van der Waals surface area contributed by atoms with Gasteiger partial charge < -0.3 is 10.8 Å². The fraction of sp³-hybridized carbons (Fsp3) is 0.667. The van der Waals surface area contributed by atoms with Crippen molar-refractivity contribution >= 4 is 0 Å². The maximum absolute atomic E-state index is 10.4. The van der Waals surface area contributed by atoms with Gasteiger partial charge in [-0.15, -0.1) is 0 Å². The number of benzene rings is 1. The first-order valence-corrected chi connectivity index (χ1v) is 7.68. The highest BCUT2D eigenvalue weighted by atomic mass is 16.3. The Labute approximate surface area is 124 Å². The summed E-state index contributed by atoms with van der Waals surface area (Å²) in [6, 6.07) is -0.285. The van der Waals surface area contributed by atoms with Crippen LogP contribution in [0.5, 0.6) is 0 Å². The molecular formula is C18H31NO. The summed E-state index contributed by atoms with van der Waals surface area (Å²) in [5.74, 6) is 0.598. The van der Waals surface area contributed by atoms with E-state index in [9.17, 15) is 5.11 Å². The highest BCUT2D eigenvalue weighted by Gasteiger charge is 2.23. The van der Waals surface area contributed by atoms with Crippen LogP contribution in [-0.4, -0.2) is 11.2 Å². The van der Waals surface area contributed by atoms with Crippen LogP contribution in [0.1, 0.15) is 66.1 Å². The highest BCUT2D eigenvalue weighted by Crippen LogP contribution is 2.31. The van der Waals surface area contributed by atoms with E-state index < -0.39 is 6.10 Å². The van der Waals surface area contributed by atoms with E-state index in [1.807, 2.05) is 0 Å². The largest absolute Gasteiger partial charge is 0.391 e. The Balaban J connectivity index is 3.13. The summed E-state index contributed by atoms with van der Waals surface area (Å²) >= 11 is 0. The summed E-state index contributed by atoms with van der Waals surface area (Å²) in [4.78, 5) is 0. The second kappa shape index (κ2) is 6.73. The normalized spacial score (nSPS) is 14.7. The Morgan fingerprint density at radius 2 is 1.20 bits per heavy atom. The monoisotopic (exact) mass is 277 g/mol. The molecule has 0 bridgehead atoms. The van der Waals surface area contributed by atoms with Crippen LogP contribution in [0.3, 0.4) is 0 Å².